The number of hydrogen-bond donors (Lipinski definition) is 0. The summed E-state index contributed by atoms with van der Waals surface area (Å²) in [6.07, 6.45) is 2.95. The van der Waals surface area contributed by atoms with Gasteiger partial charge in [0.1, 0.15) is 0 Å². The smallest absolute Gasteiger partial charge is 0.254 e. The van der Waals surface area contributed by atoms with Crippen molar-refractivity contribution in [3.8, 4) is 23.1 Å². The van der Waals surface area contributed by atoms with E-state index < -0.39 is 0 Å². The van der Waals surface area contributed by atoms with E-state index in [2.05, 4.69) is 5.16 Å². The van der Waals surface area contributed by atoms with Crippen LogP contribution in [0.1, 0.15) is 16.1 Å². The van der Waals surface area contributed by atoms with Gasteiger partial charge in [0.2, 0.25) is 17.3 Å². The van der Waals surface area contributed by atoms with E-state index in [1.165, 1.54) is 40.6 Å². The van der Waals surface area contributed by atoms with Crippen LogP contribution in [0, 0.1) is 0 Å². The van der Waals surface area contributed by atoms with Gasteiger partial charge in [-0.3, -0.25) is 4.79 Å². The third kappa shape index (κ3) is 3.45. The quantitative estimate of drug-likeness (QED) is 0.573. The lowest BCUT2D eigenvalue weighted by atomic mass is 10.1. The molecule has 0 N–H and O–H groups in total. The first-order valence-electron chi connectivity index (χ1n) is 6.66. The van der Waals surface area contributed by atoms with E-state index >= 15 is 0 Å². The molecule has 1 aromatic carbocycles. The minimum atomic E-state index is -0.349. The minimum Gasteiger partial charge on any atom is -0.493 e. The maximum absolute atomic E-state index is 12.1. The number of allylic oxidation sites excluding steroid dienone is 1. The van der Waals surface area contributed by atoms with Crippen LogP contribution in [0.4, 0.5) is 0 Å². The molecule has 7 nitrogen and oxygen atoms in total. The van der Waals surface area contributed by atoms with Gasteiger partial charge < -0.3 is 23.5 Å². The predicted octanol–water partition coefficient (Wildman–Crippen LogP) is 2.61. The molecule has 1 aromatic heterocycles. The molecule has 0 aliphatic rings. The van der Waals surface area contributed by atoms with Gasteiger partial charge in [-0.05, 0) is 29.4 Å². The number of nitrogens with zero attached hydrogens (tertiary/aromatic N) is 1. The monoisotopic (exact) mass is 319 g/mol. The van der Waals surface area contributed by atoms with Gasteiger partial charge in [-0.25, -0.2) is 0 Å². The molecule has 0 spiro atoms. The van der Waals surface area contributed by atoms with E-state index in [4.69, 9.17) is 23.5 Å². The van der Waals surface area contributed by atoms with Crippen LogP contribution < -0.4 is 18.9 Å². The van der Waals surface area contributed by atoms with Crippen LogP contribution in [0.5, 0.6) is 23.1 Å². The Morgan fingerprint density at radius 1 is 1.04 bits per heavy atom. The van der Waals surface area contributed by atoms with Gasteiger partial charge in [-0.1, -0.05) is 0 Å². The minimum absolute atomic E-state index is 0.0811. The second-order valence-corrected chi connectivity index (χ2v) is 4.35. The maximum atomic E-state index is 12.1. The van der Waals surface area contributed by atoms with E-state index in [1.54, 1.807) is 18.2 Å². The zero-order valence-electron chi connectivity index (χ0n) is 13.3. The van der Waals surface area contributed by atoms with Crippen LogP contribution in [0.25, 0.3) is 6.08 Å². The van der Waals surface area contributed by atoms with Crippen LogP contribution in [0.3, 0.4) is 0 Å². The van der Waals surface area contributed by atoms with E-state index in [0.29, 0.717) is 22.8 Å². The normalized spacial score (nSPS) is 10.6. The number of ketones is 1. The molecule has 0 radical (unpaired) electrons. The Hall–Kier alpha value is -2.96. The summed E-state index contributed by atoms with van der Waals surface area (Å²) in [5.41, 5.74) is 0.657. The van der Waals surface area contributed by atoms with Gasteiger partial charge in [0, 0.05) is 5.56 Å². The largest absolute Gasteiger partial charge is 0.493 e. The summed E-state index contributed by atoms with van der Waals surface area (Å²) < 4.78 is 25.6. The van der Waals surface area contributed by atoms with Crippen molar-refractivity contribution < 1.29 is 28.3 Å². The molecule has 0 unspecified atom stereocenters. The molecule has 0 saturated heterocycles. The summed E-state index contributed by atoms with van der Waals surface area (Å²) in [6.45, 7) is 0. The summed E-state index contributed by atoms with van der Waals surface area (Å²) in [5.74, 6) is 1.42. The van der Waals surface area contributed by atoms with E-state index in [0.717, 1.165) is 0 Å². The van der Waals surface area contributed by atoms with E-state index in [1.807, 2.05) is 0 Å². The Bertz CT molecular complexity index is 719. The van der Waals surface area contributed by atoms with Crippen molar-refractivity contribution in [2.75, 3.05) is 28.4 Å². The van der Waals surface area contributed by atoms with Gasteiger partial charge in [-0.2, -0.15) is 0 Å². The standard InChI is InChI=1S/C16H17NO6/c1-19-12-8-6-10(15(21-3)16(12)22-4)5-7-11(18)13-9-14(20-2)17-23-13/h5-9H,1-4H3/b7-5+. The first-order valence-corrected chi connectivity index (χ1v) is 6.66. The second kappa shape index (κ2) is 7.35. The number of aromatic nitrogens is 1. The average molecular weight is 319 g/mol. The number of hydrogen-bond acceptors (Lipinski definition) is 7. The fourth-order valence-electron chi connectivity index (χ4n) is 1.97. The Morgan fingerprint density at radius 2 is 1.78 bits per heavy atom. The van der Waals surface area contributed by atoms with Gasteiger partial charge >= 0.3 is 0 Å². The summed E-state index contributed by atoms with van der Waals surface area (Å²) in [7, 11) is 6.00. The zero-order valence-corrected chi connectivity index (χ0v) is 13.3. The molecule has 2 rings (SSSR count). The highest BCUT2D eigenvalue weighted by molar-refractivity contribution is 6.05. The molecule has 0 amide bonds. The average Bonchev–Trinajstić information content (AvgIpc) is 3.07. The SMILES string of the molecule is COc1cc(C(=O)/C=C/c2ccc(OC)c(OC)c2OC)on1. The lowest BCUT2D eigenvalue weighted by molar-refractivity contribution is 0.101. The number of methoxy groups -OCH3 is 4. The van der Waals surface area contributed by atoms with Crippen molar-refractivity contribution in [1.29, 1.82) is 0 Å². The van der Waals surface area contributed by atoms with Crippen LogP contribution >= 0.6 is 0 Å². The molecule has 7 heteroatoms. The number of benzene rings is 1. The Morgan fingerprint density at radius 3 is 2.35 bits per heavy atom. The van der Waals surface area contributed by atoms with Crippen LogP contribution in [0.15, 0.2) is 28.8 Å². The first-order chi connectivity index (χ1) is 11.1. The number of ether oxygens (including phenoxy) is 4. The van der Waals surface area contributed by atoms with Crippen molar-refractivity contribution in [3.05, 3.63) is 35.6 Å². The van der Waals surface area contributed by atoms with Crippen molar-refractivity contribution in [1.82, 2.24) is 5.16 Å². The Kier molecular flexibility index (Phi) is 5.24. The molecular weight excluding hydrogens is 302 g/mol. The third-order valence-corrected chi connectivity index (χ3v) is 3.09. The molecule has 0 fully saturated rings. The molecule has 122 valence electrons. The van der Waals surface area contributed by atoms with Crippen molar-refractivity contribution in [3.63, 3.8) is 0 Å². The summed E-state index contributed by atoms with van der Waals surface area (Å²) >= 11 is 0. The Balaban J connectivity index is 2.30. The second-order valence-electron chi connectivity index (χ2n) is 4.35. The van der Waals surface area contributed by atoms with Crippen molar-refractivity contribution >= 4 is 11.9 Å². The zero-order chi connectivity index (χ0) is 16.8. The molecule has 23 heavy (non-hydrogen) atoms. The summed E-state index contributed by atoms with van der Waals surface area (Å²) in [4.78, 5) is 12.1. The van der Waals surface area contributed by atoms with Crippen LogP contribution in [-0.2, 0) is 0 Å². The van der Waals surface area contributed by atoms with Crippen LogP contribution in [-0.4, -0.2) is 39.4 Å². The molecule has 0 saturated carbocycles. The fraction of sp³-hybridized carbons (Fsp3) is 0.250. The van der Waals surface area contributed by atoms with Crippen molar-refractivity contribution in [2.45, 2.75) is 0 Å². The lowest BCUT2D eigenvalue weighted by Crippen LogP contribution is -1.97. The lowest BCUT2D eigenvalue weighted by Gasteiger charge is -2.13. The molecule has 0 aliphatic carbocycles. The molecule has 0 atom stereocenters. The molecule has 0 aliphatic heterocycles. The molecule has 1 heterocycles. The van der Waals surface area contributed by atoms with Gasteiger partial charge in [0.25, 0.3) is 5.88 Å². The summed E-state index contributed by atoms with van der Waals surface area (Å²) in [6, 6.07) is 4.90. The Labute approximate surface area is 133 Å². The molecule has 0 bridgehead atoms. The number of rotatable bonds is 7. The van der Waals surface area contributed by atoms with Gasteiger partial charge in [0.15, 0.2) is 11.5 Å². The third-order valence-electron chi connectivity index (χ3n) is 3.09. The number of carbonyl (C=O) groups excluding carboxylic acids is 1. The summed E-state index contributed by atoms with van der Waals surface area (Å²) in [5, 5.41) is 3.58. The van der Waals surface area contributed by atoms with Gasteiger partial charge in [0.05, 0.1) is 34.5 Å². The number of carbonyl (C=O) groups is 1. The fourth-order valence-corrected chi connectivity index (χ4v) is 1.97. The van der Waals surface area contributed by atoms with E-state index in [9.17, 15) is 4.79 Å². The van der Waals surface area contributed by atoms with Crippen molar-refractivity contribution in [2.24, 2.45) is 0 Å². The highest BCUT2D eigenvalue weighted by Crippen LogP contribution is 2.40. The van der Waals surface area contributed by atoms with Gasteiger partial charge in [-0.15, -0.1) is 0 Å². The highest BCUT2D eigenvalue weighted by atomic mass is 16.5. The van der Waals surface area contributed by atoms with E-state index in [-0.39, 0.29) is 17.4 Å². The topological polar surface area (TPSA) is 80.0 Å². The predicted molar refractivity (Wildman–Crippen MR) is 82.5 cm³/mol. The molecule has 2 aromatic rings. The van der Waals surface area contributed by atoms with Crippen LogP contribution in [0.2, 0.25) is 0 Å². The molecular formula is C16H17NO6. The maximum Gasteiger partial charge on any atom is 0.254 e. The first kappa shape index (κ1) is 16.4. The highest BCUT2D eigenvalue weighted by Gasteiger charge is 2.15.